The molecule has 1 atom stereocenters. The van der Waals surface area contributed by atoms with E-state index in [2.05, 4.69) is 15.1 Å². The van der Waals surface area contributed by atoms with Crippen LogP contribution >= 0.6 is 0 Å². The summed E-state index contributed by atoms with van der Waals surface area (Å²) in [4.78, 5) is 27.1. The summed E-state index contributed by atoms with van der Waals surface area (Å²) in [6.45, 7) is 5.40. The Hall–Kier alpha value is -3.00. The van der Waals surface area contributed by atoms with Crippen LogP contribution in [-0.4, -0.2) is 54.5 Å². The van der Waals surface area contributed by atoms with Gasteiger partial charge < -0.3 is 10.2 Å². The van der Waals surface area contributed by atoms with Crippen molar-refractivity contribution in [2.45, 2.75) is 19.4 Å². The average Bonchev–Trinajstić information content (AvgIpc) is 2.74. The highest BCUT2D eigenvalue weighted by atomic mass is 19.1. The van der Waals surface area contributed by atoms with E-state index in [1.165, 1.54) is 24.3 Å². The van der Waals surface area contributed by atoms with Gasteiger partial charge in [0.25, 0.3) is 5.69 Å². The maximum Gasteiger partial charge on any atom is 0.269 e. The first-order chi connectivity index (χ1) is 13.9. The Balaban J connectivity index is 1.43. The minimum absolute atomic E-state index is 0.0177. The Kier molecular flexibility index (Phi) is 6.77. The number of piperazine rings is 1. The van der Waals surface area contributed by atoms with Gasteiger partial charge in [0.15, 0.2) is 0 Å². The first-order valence-corrected chi connectivity index (χ1v) is 9.69. The Morgan fingerprint density at radius 1 is 1.10 bits per heavy atom. The Labute approximate surface area is 169 Å². The third kappa shape index (κ3) is 5.51. The van der Waals surface area contributed by atoms with E-state index in [9.17, 15) is 19.3 Å². The SMILES string of the molecule is C[C@@H](C(=O)NCCc1ccc(F)cc1)N1CCN(c2ccc([N+](=O)[O-])cc2)CC1. The van der Waals surface area contributed by atoms with Crippen LogP contribution in [0.15, 0.2) is 48.5 Å². The largest absolute Gasteiger partial charge is 0.369 e. The molecule has 3 rings (SSSR count). The molecule has 1 saturated heterocycles. The monoisotopic (exact) mass is 400 g/mol. The second kappa shape index (κ2) is 9.47. The first kappa shape index (κ1) is 20.7. The molecule has 1 heterocycles. The zero-order valence-electron chi connectivity index (χ0n) is 16.4. The molecule has 2 aromatic carbocycles. The van der Waals surface area contributed by atoms with Crippen LogP contribution in [0.5, 0.6) is 0 Å². The molecule has 154 valence electrons. The van der Waals surface area contributed by atoms with Crippen molar-refractivity contribution in [1.82, 2.24) is 10.2 Å². The highest BCUT2D eigenvalue weighted by molar-refractivity contribution is 5.81. The van der Waals surface area contributed by atoms with Gasteiger partial charge in [-0.25, -0.2) is 4.39 Å². The summed E-state index contributed by atoms with van der Waals surface area (Å²) < 4.78 is 12.9. The number of hydrogen-bond donors (Lipinski definition) is 1. The van der Waals surface area contributed by atoms with E-state index in [0.29, 0.717) is 13.0 Å². The summed E-state index contributed by atoms with van der Waals surface area (Å²) in [7, 11) is 0. The fraction of sp³-hybridized carbons (Fsp3) is 0.381. The average molecular weight is 400 g/mol. The number of hydrogen-bond acceptors (Lipinski definition) is 5. The number of nitrogens with one attached hydrogen (secondary N) is 1. The number of non-ortho nitro benzene ring substituents is 1. The molecule has 7 nitrogen and oxygen atoms in total. The smallest absolute Gasteiger partial charge is 0.269 e. The predicted molar refractivity (Wildman–Crippen MR) is 109 cm³/mol. The molecule has 1 fully saturated rings. The minimum Gasteiger partial charge on any atom is -0.369 e. The van der Waals surface area contributed by atoms with E-state index in [1.54, 1.807) is 24.3 Å². The lowest BCUT2D eigenvalue weighted by Crippen LogP contribution is -2.54. The van der Waals surface area contributed by atoms with E-state index in [1.807, 2.05) is 6.92 Å². The van der Waals surface area contributed by atoms with E-state index < -0.39 is 4.92 Å². The van der Waals surface area contributed by atoms with Crippen LogP contribution in [0.4, 0.5) is 15.8 Å². The van der Waals surface area contributed by atoms with Gasteiger partial charge >= 0.3 is 0 Å². The zero-order valence-corrected chi connectivity index (χ0v) is 16.4. The van der Waals surface area contributed by atoms with E-state index in [4.69, 9.17) is 0 Å². The lowest BCUT2D eigenvalue weighted by molar-refractivity contribution is -0.384. The summed E-state index contributed by atoms with van der Waals surface area (Å²) in [5.41, 5.74) is 2.01. The van der Waals surface area contributed by atoms with Crippen LogP contribution in [0.3, 0.4) is 0 Å². The number of nitro groups is 1. The molecule has 8 heteroatoms. The van der Waals surface area contributed by atoms with Crippen LogP contribution in [-0.2, 0) is 11.2 Å². The van der Waals surface area contributed by atoms with Gasteiger partial charge in [-0.05, 0) is 43.2 Å². The van der Waals surface area contributed by atoms with Gasteiger partial charge in [0.05, 0.1) is 11.0 Å². The summed E-state index contributed by atoms with van der Waals surface area (Å²) >= 11 is 0. The first-order valence-electron chi connectivity index (χ1n) is 9.69. The van der Waals surface area contributed by atoms with Crippen LogP contribution in [0.25, 0.3) is 0 Å². The molecule has 0 saturated carbocycles. The summed E-state index contributed by atoms with van der Waals surface area (Å²) in [6, 6.07) is 12.6. The predicted octanol–water partition coefficient (Wildman–Crippen LogP) is 2.60. The Morgan fingerprint density at radius 3 is 2.31 bits per heavy atom. The third-order valence-electron chi connectivity index (χ3n) is 5.29. The molecule has 1 aliphatic heterocycles. The van der Waals surface area contributed by atoms with E-state index in [-0.39, 0.29) is 23.5 Å². The molecular weight excluding hydrogens is 375 g/mol. The topological polar surface area (TPSA) is 78.7 Å². The van der Waals surface area contributed by atoms with Crippen molar-refractivity contribution in [3.8, 4) is 0 Å². The van der Waals surface area contributed by atoms with Crippen LogP contribution in [0.2, 0.25) is 0 Å². The number of carbonyl (C=O) groups excluding carboxylic acids is 1. The Bertz CT molecular complexity index is 834. The van der Waals surface area contributed by atoms with Gasteiger partial charge in [-0.3, -0.25) is 19.8 Å². The molecule has 29 heavy (non-hydrogen) atoms. The summed E-state index contributed by atoms with van der Waals surface area (Å²) in [5.74, 6) is -0.282. The molecule has 0 spiro atoms. The van der Waals surface area contributed by atoms with Crippen molar-refractivity contribution < 1.29 is 14.1 Å². The molecule has 0 radical (unpaired) electrons. The van der Waals surface area contributed by atoms with Gasteiger partial charge in [0.2, 0.25) is 5.91 Å². The van der Waals surface area contributed by atoms with Crippen molar-refractivity contribution in [2.75, 3.05) is 37.6 Å². The van der Waals surface area contributed by atoms with Gasteiger partial charge in [0.1, 0.15) is 5.82 Å². The van der Waals surface area contributed by atoms with E-state index in [0.717, 1.165) is 37.4 Å². The fourth-order valence-corrected chi connectivity index (χ4v) is 3.45. The maximum absolute atomic E-state index is 12.9. The van der Waals surface area contributed by atoms with Gasteiger partial charge in [0, 0.05) is 50.5 Å². The number of anilines is 1. The second-order valence-electron chi connectivity index (χ2n) is 7.14. The minimum atomic E-state index is -0.405. The lowest BCUT2D eigenvalue weighted by atomic mass is 10.1. The highest BCUT2D eigenvalue weighted by Gasteiger charge is 2.25. The number of amides is 1. The second-order valence-corrected chi connectivity index (χ2v) is 7.14. The lowest BCUT2D eigenvalue weighted by Gasteiger charge is -2.38. The number of carbonyl (C=O) groups is 1. The van der Waals surface area contributed by atoms with Crippen molar-refractivity contribution in [3.05, 3.63) is 70.0 Å². The number of nitro benzene ring substituents is 1. The van der Waals surface area contributed by atoms with Crippen molar-refractivity contribution >= 4 is 17.3 Å². The van der Waals surface area contributed by atoms with Gasteiger partial charge in [-0.2, -0.15) is 0 Å². The highest BCUT2D eigenvalue weighted by Crippen LogP contribution is 2.21. The number of nitrogens with zero attached hydrogens (tertiary/aromatic N) is 3. The molecule has 1 N–H and O–H groups in total. The molecule has 1 amide bonds. The number of rotatable bonds is 7. The number of halogens is 1. The molecule has 0 aliphatic carbocycles. The quantitative estimate of drug-likeness (QED) is 0.571. The normalized spacial score (nSPS) is 15.7. The molecule has 0 bridgehead atoms. The fourth-order valence-electron chi connectivity index (χ4n) is 3.45. The van der Waals surface area contributed by atoms with E-state index >= 15 is 0 Å². The van der Waals surface area contributed by atoms with Gasteiger partial charge in [-0.1, -0.05) is 12.1 Å². The van der Waals surface area contributed by atoms with Crippen molar-refractivity contribution in [2.24, 2.45) is 0 Å². The zero-order chi connectivity index (χ0) is 20.8. The number of benzene rings is 2. The van der Waals surface area contributed by atoms with Crippen LogP contribution in [0.1, 0.15) is 12.5 Å². The molecule has 2 aromatic rings. The molecule has 1 aliphatic rings. The summed E-state index contributed by atoms with van der Waals surface area (Å²) in [5, 5.41) is 13.7. The Morgan fingerprint density at radius 2 is 1.72 bits per heavy atom. The van der Waals surface area contributed by atoms with Crippen molar-refractivity contribution in [3.63, 3.8) is 0 Å². The van der Waals surface area contributed by atoms with Crippen LogP contribution < -0.4 is 10.2 Å². The van der Waals surface area contributed by atoms with Crippen molar-refractivity contribution in [1.29, 1.82) is 0 Å². The molecular formula is C21H25FN4O3. The standard InChI is InChI=1S/C21H25FN4O3/c1-16(21(27)23-11-10-17-2-4-18(22)5-3-17)24-12-14-25(15-13-24)19-6-8-20(9-7-19)26(28)29/h2-9,16H,10-15H2,1H3,(H,23,27)/t16-/m0/s1. The van der Waals surface area contributed by atoms with Crippen LogP contribution in [0, 0.1) is 15.9 Å². The van der Waals surface area contributed by atoms with Gasteiger partial charge in [-0.15, -0.1) is 0 Å². The maximum atomic E-state index is 12.9. The summed E-state index contributed by atoms with van der Waals surface area (Å²) in [6.07, 6.45) is 0.659. The molecule has 0 unspecified atom stereocenters. The molecule has 0 aromatic heterocycles. The third-order valence-corrected chi connectivity index (χ3v) is 5.29.